The number of fused-ring (bicyclic) bond motifs is 2. The lowest BCUT2D eigenvalue weighted by atomic mass is 9.89. The number of halogens is 1. The molecule has 2 aromatic carbocycles. The average Bonchev–Trinajstić information content (AvgIpc) is 3.23. The van der Waals surface area contributed by atoms with E-state index in [1.165, 1.54) is 10.4 Å². The first-order chi connectivity index (χ1) is 19.5. The van der Waals surface area contributed by atoms with Gasteiger partial charge in [-0.15, -0.1) is 0 Å². The van der Waals surface area contributed by atoms with E-state index in [0.717, 1.165) is 36.9 Å². The number of rotatable bonds is 6. The summed E-state index contributed by atoms with van der Waals surface area (Å²) in [6.07, 6.45) is 5.21. The summed E-state index contributed by atoms with van der Waals surface area (Å²) in [6, 6.07) is 14.3. The van der Waals surface area contributed by atoms with Crippen LogP contribution in [0, 0.1) is 5.82 Å². The van der Waals surface area contributed by atoms with Crippen LogP contribution in [-0.2, 0) is 15.4 Å². The summed E-state index contributed by atoms with van der Waals surface area (Å²) in [5.74, 6) is 0.172. The molecule has 2 aromatic heterocycles. The Bertz CT molecular complexity index is 1710. The third-order valence-electron chi connectivity index (χ3n) is 8.18. The molecular formula is C30H34FN7O2S. The minimum absolute atomic E-state index is 0.125. The van der Waals surface area contributed by atoms with Gasteiger partial charge in [-0.25, -0.2) is 22.1 Å². The number of para-hydroxylation sites is 1. The van der Waals surface area contributed by atoms with Crippen molar-refractivity contribution in [1.82, 2.24) is 19.9 Å². The van der Waals surface area contributed by atoms with Crippen LogP contribution < -0.4 is 14.5 Å². The topological polar surface area (TPSA) is 94.6 Å². The summed E-state index contributed by atoms with van der Waals surface area (Å²) in [7, 11) is 0.175. The Labute approximate surface area is 240 Å². The minimum Gasteiger partial charge on any atom is -0.369 e. The van der Waals surface area contributed by atoms with Crippen molar-refractivity contribution in [1.29, 1.82) is 0 Å². The molecule has 2 aliphatic heterocycles. The van der Waals surface area contributed by atoms with Crippen LogP contribution in [0.15, 0.2) is 65.8 Å². The first-order valence-corrected chi connectivity index (χ1v) is 15.2. The highest BCUT2D eigenvalue weighted by atomic mass is 32.2. The fourth-order valence-electron chi connectivity index (χ4n) is 5.81. The van der Waals surface area contributed by atoms with Crippen LogP contribution in [0.3, 0.4) is 0 Å². The van der Waals surface area contributed by atoms with Crippen LogP contribution in [0.1, 0.15) is 32.3 Å². The molecule has 4 aromatic rings. The van der Waals surface area contributed by atoms with Gasteiger partial charge in [-0.3, -0.25) is 4.98 Å². The molecule has 214 valence electrons. The number of pyridine rings is 1. The second kappa shape index (κ2) is 10.2. The van der Waals surface area contributed by atoms with Gasteiger partial charge in [0.15, 0.2) is 5.82 Å². The largest absolute Gasteiger partial charge is 0.369 e. The molecule has 0 radical (unpaired) electrons. The molecule has 0 aliphatic carbocycles. The molecule has 9 nitrogen and oxygen atoms in total. The molecule has 1 saturated heterocycles. The highest BCUT2D eigenvalue weighted by molar-refractivity contribution is 7.93. The zero-order valence-corrected chi connectivity index (χ0v) is 24.5. The standard InChI is InChI=1S/C30H34FN7O2S/c1-30(2)19-38(41(39,40)26-9-5-7-20-8-6-14-32-27(20)26)28-23(30)18-33-29(35-28)34-21-10-11-25(24(31)17-21)37-15-12-22(13-16-37)36(3)4/h5-11,14,17-18,22H,12-13,15-16,19H2,1-4H3,(H,33,34,35). The zero-order chi connectivity index (χ0) is 28.9. The molecule has 41 heavy (non-hydrogen) atoms. The number of nitrogens with zero attached hydrogens (tertiary/aromatic N) is 6. The number of piperidine rings is 1. The second-order valence-electron chi connectivity index (χ2n) is 11.6. The number of hydrogen-bond donors (Lipinski definition) is 1. The van der Waals surface area contributed by atoms with Crippen LogP contribution in [0.4, 0.5) is 27.5 Å². The molecule has 0 spiro atoms. The maximum atomic E-state index is 15.2. The van der Waals surface area contributed by atoms with Gasteiger partial charge in [0.2, 0.25) is 5.95 Å². The van der Waals surface area contributed by atoms with E-state index in [2.05, 4.69) is 44.2 Å². The van der Waals surface area contributed by atoms with Gasteiger partial charge in [-0.05, 0) is 57.3 Å². The van der Waals surface area contributed by atoms with E-state index >= 15 is 4.39 Å². The maximum absolute atomic E-state index is 15.2. The Hall–Kier alpha value is -3.83. The Balaban J connectivity index is 1.28. The van der Waals surface area contributed by atoms with Crippen molar-refractivity contribution in [3.63, 3.8) is 0 Å². The summed E-state index contributed by atoms with van der Waals surface area (Å²) < 4.78 is 44.6. The number of sulfonamides is 1. The summed E-state index contributed by atoms with van der Waals surface area (Å²) in [5.41, 5.74) is 1.69. The molecule has 0 saturated carbocycles. The molecule has 0 amide bonds. The first-order valence-electron chi connectivity index (χ1n) is 13.8. The highest BCUT2D eigenvalue weighted by Crippen LogP contribution is 2.43. The Morgan fingerprint density at radius 2 is 1.80 bits per heavy atom. The number of nitrogens with one attached hydrogen (secondary N) is 1. The second-order valence-corrected chi connectivity index (χ2v) is 13.5. The van der Waals surface area contributed by atoms with Crippen LogP contribution in [-0.4, -0.2) is 68.0 Å². The molecule has 1 N–H and O–H groups in total. The summed E-state index contributed by atoms with van der Waals surface area (Å²) in [5, 5.41) is 3.81. The minimum atomic E-state index is -3.99. The first kappa shape index (κ1) is 27.3. The van der Waals surface area contributed by atoms with Crippen LogP contribution in [0.25, 0.3) is 10.9 Å². The van der Waals surface area contributed by atoms with Gasteiger partial charge >= 0.3 is 0 Å². The van der Waals surface area contributed by atoms with Gasteiger partial charge in [0.1, 0.15) is 10.7 Å². The van der Waals surface area contributed by atoms with E-state index in [1.54, 1.807) is 42.7 Å². The molecular weight excluding hydrogens is 541 g/mol. The van der Waals surface area contributed by atoms with Crippen molar-refractivity contribution in [2.75, 3.05) is 48.3 Å². The van der Waals surface area contributed by atoms with Gasteiger partial charge < -0.3 is 15.1 Å². The van der Waals surface area contributed by atoms with E-state index in [1.807, 2.05) is 26.0 Å². The Kier molecular flexibility index (Phi) is 6.82. The quantitative estimate of drug-likeness (QED) is 0.346. The fourth-order valence-corrected chi connectivity index (χ4v) is 7.58. The van der Waals surface area contributed by atoms with Crippen LogP contribution >= 0.6 is 0 Å². The SMILES string of the molecule is CN(C)C1CCN(c2ccc(Nc3ncc4c(n3)N(S(=O)(=O)c3cccc5cccnc35)CC4(C)C)cc2F)CC1. The number of benzene rings is 2. The maximum Gasteiger partial charge on any atom is 0.267 e. The summed E-state index contributed by atoms with van der Waals surface area (Å²) >= 11 is 0. The van der Waals surface area contributed by atoms with E-state index in [9.17, 15) is 8.42 Å². The predicted octanol–water partition coefficient (Wildman–Crippen LogP) is 4.92. The van der Waals surface area contributed by atoms with Gasteiger partial charge in [0, 0.05) is 60.1 Å². The third-order valence-corrected chi connectivity index (χ3v) is 9.94. The molecule has 0 unspecified atom stereocenters. The molecule has 1 fully saturated rings. The normalized spacial score (nSPS) is 17.3. The zero-order valence-electron chi connectivity index (χ0n) is 23.7. The molecule has 11 heteroatoms. The van der Waals surface area contributed by atoms with Crippen molar-refractivity contribution in [2.45, 2.75) is 43.0 Å². The van der Waals surface area contributed by atoms with E-state index in [4.69, 9.17) is 0 Å². The predicted molar refractivity (Wildman–Crippen MR) is 160 cm³/mol. The monoisotopic (exact) mass is 575 g/mol. The molecule has 0 atom stereocenters. The van der Waals surface area contributed by atoms with E-state index in [0.29, 0.717) is 28.8 Å². The lowest BCUT2D eigenvalue weighted by Gasteiger charge is -2.36. The Morgan fingerprint density at radius 1 is 1.05 bits per heavy atom. The van der Waals surface area contributed by atoms with Gasteiger partial charge in [0.05, 0.1) is 11.2 Å². The smallest absolute Gasteiger partial charge is 0.267 e. The van der Waals surface area contributed by atoms with E-state index in [-0.39, 0.29) is 23.2 Å². The van der Waals surface area contributed by atoms with Crippen molar-refractivity contribution in [3.8, 4) is 0 Å². The van der Waals surface area contributed by atoms with E-state index < -0.39 is 15.4 Å². The van der Waals surface area contributed by atoms with Crippen molar-refractivity contribution in [2.24, 2.45) is 0 Å². The van der Waals surface area contributed by atoms with Crippen LogP contribution in [0.5, 0.6) is 0 Å². The molecule has 0 bridgehead atoms. The summed E-state index contributed by atoms with van der Waals surface area (Å²) in [6.45, 7) is 5.74. The van der Waals surface area contributed by atoms with Gasteiger partial charge in [-0.1, -0.05) is 32.0 Å². The van der Waals surface area contributed by atoms with Crippen LogP contribution in [0.2, 0.25) is 0 Å². The Morgan fingerprint density at radius 3 is 2.54 bits per heavy atom. The fraction of sp³-hybridized carbons (Fsp3) is 0.367. The summed E-state index contributed by atoms with van der Waals surface area (Å²) in [4.78, 5) is 17.9. The van der Waals surface area contributed by atoms with Gasteiger partial charge in [-0.2, -0.15) is 4.98 Å². The molecule has 6 rings (SSSR count). The van der Waals surface area contributed by atoms with Gasteiger partial charge in [0.25, 0.3) is 10.0 Å². The van der Waals surface area contributed by atoms with Crippen molar-refractivity contribution in [3.05, 3.63) is 72.3 Å². The lowest BCUT2D eigenvalue weighted by molar-refractivity contribution is 0.249. The number of aromatic nitrogens is 3. The van der Waals surface area contributed by atoms with Crippen molar-refractivity contribution < 1.29 is 12.8 Å². The molecule has 2 aliphatic rings. The lowest BCUT2D eigenvalue weighted by Crippen LogP contribution is -2.42. The molecule has 4 heterocycles. The third kappa shape index (κ3) is 4.97. The van der Waals surface area contributed by atoms with Crippen molar-refractivity contribution >= 4 is 44.1 Å². The average molecular weight is 576 g/mol. The number of hydrogen-bond acceptors (Lipinski definition) is 8. The number of anilines is 4. The highest BCUT2D eigenvalue weighted by Gasteiger charge is 2.43.